The van der Waals surface area contributed by atoms with Gasteiger partial charge in [0.25, 0.3) is 0 Å². The van der Waals surface area contributed by atoms with Gasteiger partial charge in [0, 0.05) is 24.4 Å². The molecule has 0 saturated carbocycles. The Labute approximate surface area is 145 Å². The molecule has 0 unspecified atom stereocenters. The molecule has 0 bridgehead atoms. The van der Waals surface area contributed by atoms with Gasteiger partial charge in [-0.25, -0.2) is 0 Å². The van der Waals surface area contributed by atoms with Crippen LogP contribution in [0.25, 0.3) is 0 Å². The van der Waals surface area contributed by atoms with Gasteiger partial charge >= 0.3 is 0 Å². The Morgan fingerprint density at radius 2 is 1.87 bits per heavy atom. The Bertz CT molecular complexity index is 596. The van der Waals surface area contributed by atoms with Gasteiger partial charge in [-0.3, -0.25) is 4.67 Å². The smallest absolute Gasteiger partial charge is 0.0642 e. The highest BCUT2D eigenvalue weighted by Crippen LogP contribution is 2.57. The third-order valence-corrected chi connectivity index (χ3v) is 10.9. The highest BCUT2D eigenvalue weighted by atomic mass is 32.4. The minimum absolute atomic E-state index is 0.460. The van der Waals surface area contributed by atoms with Crippen LogP contribution >= 0.6 is 6.19 Å². The van der Waals surface area contributed by atoms with Crippen molar-refractivity contribution in [3.05, 3.63) is 42.1 Å². The standard InChI is InChI=1S/C18H27N2OPS/c1-19(2)22(23,16-8-4-3-5-9-16)18-11-7-6-10-17(18)20-12-14-21-15-13-20/h3-5,8-10,18H,6-7,11-15H2,1-2H3/t18-,22+/m1/s1. The van der Waals surface area contributed by atoms with E-state index in [0.29, 0.717) is 5.66 Å². The maximum absolute atomic E-state index is 6.40. The lowest BCUT2D eigenvalue weighted by atomic mass is 10.0. The van der Waals surface area contributed by atoms with E-state index in [1.807, 2.05) is 0 Å². The summed E-state index contributed by atoms with van der Waals surface area (Å²) in [6.45, 7) is 3.67. The quantitative estimate of drug-likeness (QED) is 0.776. The second kappa shape index (κ2) is 7.48. The molecular formula is C18H27N2OPS. The molecule has 1 fully saturated rings. The predicted molar refractivity (Wildman–Crippen MR) is 102 cm³/mol. The molecule has 3 nitrogen and oxygen atoms in total. The number of nitrogens with zero attached hydrogens (tertiary/aromatic N) is 2. The zero-order chi connectivity index (χ0) is 16.3. The Hall–Kier alpha value is -0.670. The summed E-state index contributed by atoms with van der Waals surface area (Å²) in [7, 11) is 4.33. The SMILES string of the molecule is CN(C)[P@](=S)(c1ccccc1)[C@@H]1CCCC=C1N1CCOCC1. The van der Waals surface area contributed by atoms with Crippen molar-refractivity contribution in [2.45, 2.75) is 24.9 Å². The predicted octanol–water partition coefficient (Wildman–Crippen LogP) is 3.04. The van der Waals surface area contributed by atoms with Gasteiger partial charge in [0.2, 0.25) is 0 Å². The molecule has 0 radical (unpaired) electrons. The van der Waals surface area contributed by atoms with Gasteiger partial charge in [0.05, 0.1) is 19.4 Å². The zero-order valence-electron chi connectivity index (χ0n) is 14.1. The number of morpholine rings is 1. The van der Waals surface area contributed by atoms with E-state index in [1.54, 1.807) is 0 Å². The summed E-state index contributed by atoms with van der Waals surface area (Å²) in [5.41, 5.74) is 1.95. The Morgan fingerprint density at radius 3 is 2.52 bits per heavy atom. The van der Waals surface area contributed by atoms with Crippen LogP contribution in [0.3, 0.4) is 0 Å². The maximum atomic E-state index is 6.40. The van der Waals surface area contributed by atoms with E-state index in [-0.39, 0.29) is 0 Å². The number of ether oxygens (including phenoxy) is 1. The van der Waals surface area contributed by atoms with Gasteiger partial charge < -0.3 is 9.64 Å². The van der Waals surface area contributed by atoms with Crippen LogP contribution < -0.4 is 5.30 Å². The Morgan fingerprint density at radius 1 is 1.17 bits per heavy atom. The topological polar surface area (TPSA) is 15.7 Å². The molecule has 0 aromatic heterocycles. The molecule has 3 rings (SSSR count). The molecule has 1 aliphatic heterocycles. The van der Waals surface area contributed by atoms with Crippen molar-refractivity contribution in [2.75, 3.05) is 40.4 Å². The molecule has 0 spiro atoms. The van der Waals surface area contributed by atoms with Crippen LogP contribution in [0.4, 0.5) is 0 Å². The van der Waals surface area contributed by atoms with Gasteiger partial charge in [-0.05, 0) is 38.7 Å². The average Bonchev–Trinajstić information content (AvgIpc) is 2.62. The monoisotopic (exact) mass is 350 g/mol. The number of hydrogen-bond donors (Lipinski definition) is 0. The van der Waals surface area contributed by atoms with Crippen LogP contribution in [0, 0.1) is 0 Å². The largest absolute Gasteiger partial charge is 0.378 e. The minimum Gasteiger partial charge on any atom is -0.378 e. The normalized spacial score (nSPS) is 25.1. The number of rotatable bonds is 4. The molecule has 0 N–H and O–H groups in total. The molecule has 1 aromatic carbocycles. The lowest BCUT2D eigenvalue weighted by Crippen LogP contribution is -2.42. The van der Waals surface area contributed by atoms with Crippen LogP contribution in [-0.4, -0.2) is 55.6 Å². The van der Waals surface area contributed by atoms with Crippen molar-refractivity contribution in [3.8, 4) is 0 Å². The highest BCUT2D eigenvalue weighted by molar-refractivity contribution is 8.17. The van der Waals surface area contributed by atoms with E-state index in [2.05, 4.69) is 60.1 Å². The van der Waals surface area contributed by atoms with Crippen molar-refractivity contribution in [1.82, 2.24) is 9.57 Å². The molecule has 2 aliphatic rings. The third-order valence-electron chi connectivity index (χ3n) is 4.90. The highest BCUT2D eigenvalue weighted by Gasteiger charge is 2.38. The first kappa shape index (κ1) is 17.2. The summed E-state index contributed by atoms with van der Waals surface area (Å²) in [5.74, 6) is 0. The summed E-state index contributed by atoms with van der Waals surface area (Å²) >= 11 is 6.40. The molecule has 5 heteroatoms. The number of benzene rings is 1. The first-order chi connectivity index (χ1) is 11.1. The molecule has 23 heavy (non-hydrogen) atoms. The lowest BCUT2D eigenvalue weighted by Gasteiger charge is -2.44. The van der Waals surface area contributed by atoms with Gasteiger partial charge in [-0.15, -0.1) is 0 Å². The lowest BCUT2D eigenvalue weighted by molar-refractivity contribution is 0.0515. The van der Waals surface area contributed by atoms with Crippen molar-refractivity contribution in [1.29, 1.82) is 0 Å². The Balaban J connectivity index is 1.99. The second-order valence-electron chi connectivity index (χ2n) is 6.48. The average molecular weight is 350 g/mol. The summed E-state index contributed by atoms with van der Waals surface area (Å²) in [4.78, 5) is 2.53. The summed E-state index contributed by atoms with van der Waals surface area (Å²) < 4.78 is 7.88. The third kappa shape index (κ3) is 3.41. The van der Waals surface area contributed by atoms with Crippen LogP contribution in [0.1, 0.15) is 19.3 Å². The zero-order valence-corrected chi connectivity index (χ0v) is 15.9. The molecule has 0 amide bonds. The second-order valence-corrected chi connectivity index (χ2v) is 11.3. The fourth-order valence-corrected chi connectivity index (χ4v) is 7.84. The van der Waals surface area contributed by atoms with Crippen molar-refractivity contribution in [2.24, 2.45) is 0 Å². The summed E-state index contributed by atoms with van der Waals surface area (Å²) in [6, 6.07) is 10.8. The van der Waals surface area contributed by atoms with E-state index in [9.17, 15) is 0 Å². The summed E-state index contributed by atoms with van der Waals surface area (Å²) in [6.07, 6.45) is 4.26. The van der Waals surface area contributed by atoms with E-state index in [0.717, 1.165) is 26.3 Å². The molecule has 1 heterocycles. The molecule has 2 atom stereocenters. The fraction of sp³-hybridized carbons (Fsp3) is 0.556. The number of hydrogen-bond acceptors (Lipinski definition) is 3. The van der Waals surface area contributed by atoms with E-state index >= 15 is 0 Å². The van der Waals surface area contributed by atoms with Gasteiger partial charge in [0.15, 0.2) is 0 Å². The first-order valence-electron chi connectivity index (χ1n) is 8.50. The first-order valence-corrected chi connectivity index (χ1v) is 11.3. The van der Waals surface area contributed by atoms with Crippen LogP contribution in [0.15, 0.2) is 42.1 Å². The van der Waals surface area contributed by atoms with E-state index in [1.165, 1.54) is 30.3 Å². The van der Waals surface area contributed by atoms with Crippen molar-refractivity contribution < 1.29 is 4.74 Å². The minimum atomic E-state index is -1.83. The molecule has 1 aromatic rings. The number of allylic oxidation sites excluding steroid dienone is 2. The molecule has 1 aliphatic carbocycles. The van der Waals surface area contributed by atoms with Gasteiger partial charge in [-0.1, -0.05) is 48.2 Å². The van der Waals surface area contributed by atoms with Gasteiger partial charge in [-0.2, -0.15) is 0 Å². The molecule has 1 saturated heterocycles. The fourth-order valence-electron chi connectivity index (χ4n) is 3.69. The van der Waals surface area contributed by atoms with E-state index in [4.69, 9.17) is 16.5 Å². The van der Waals surface area contributed by atoms with Gasteiger partial charge in [0.1, 0.15) is 0 Å². The van der Waals surface area contributed by atoms with Crippen molar-refractivity contribution >= 4 is 23.3 Å². The summed E-state index contributed by atoms with van der Waals surface area (Å²) in [5, 5.41) is 1.34. The van der Waals surface area contributed by atoms with Crippen LogP contribution in [0.5, 0.6) is 0 Å². The van der Waals surface area contributed by atoms with Crippen molar-refractivity contribution in [3.63, 3.8) is 0 Å². The van der Waals surface area contributed by atoms with E-state index < -0.39 is 6.19 Å². The maximum Gasteiger partial charge on any atom is 0.0642 e. The van der Waals surface area contributed by atoms with Crippen LogP contribution in [0.2, 0.25) is 0 Å². The van der Waals surface area contributed by atoms with Crippen LogP contribution in [-0.2, 0) is 16.5 Å². The molecular weight excluding hydrogens is 323 g/mol. The molecule has 126 valence electrons. The Kier molecular flexibility index (Phi) is 5.58.